The van der Waals surface area contributed by atoms with E-state index in [9.17, 15) is 18.0 Å². The SMILES string of the molecule is CCC(=O)N(C)c1ccc(OCc2cc(-c3ccccc3)c(C(F)(F)F)s2)cc1CC. The monoisotopic (exact) mass is 447 g/mol. The fourth-order valence-corrected chi connectivity index (χ4v) is 4.30. The van der Waals surface area contributed by atoms with Gasteiger partial charge in [-0.05, 0) is 41.8 Å². The maximum atomic E-state index is 13.6. The van der Waals surface area contributed by atoms with Gasteiger partial charge in [-0.2, -0.15) is 13.2 Å². The van der Waals surface area contributed by atoms with Crippen molar-refractivity contribution in [3.63, 3.8) is 0 Å². The lowest BCUT2D eigenvalue weighted by Gasteiger charge is -2.20. The van der Waals surface area contributed by atoms with Crippen LogP contribution in [-0.4, -0.2) is 13.0 Å². The topological polar surface area (TPSA) is 29.5 Å². The van der Waals surface area contributed by atoms with E-state index in [0.29, 0.717) is 40.4 Å². The van der Waals surface area contributed by atoms with Crippen molar-refractivity contribution in [2.45, 2.75) is 39.5 Å². The van der Waals surface area contributed by atoms with Gasteiger partial charge in [-0.25, -0.2) is 0 Å². The van der Waals surface area contributed by atoms with Crippen molar-refractivity contribution in [2.24, 2.45) is 0 Å². The van der Waals surface area contributed by atoms with Gasteiger partial charge in [0.25, 0.3) is 0 Å². The molecule has 0 N–H and O–H groups in total. The molecule has 164 valence electrons. The highest BCUT2D eigenvalue weighted by atomic mass is 32.1. The van der Waals surface area contributed by atoms with Gasteiger partial charge >= 0.3 is 6.18 Å². The molecule has 1 amide bonds. The average molecular weight is 448 g/mol. The first-order valence-electron chi connectivity index (χ1n) is 10.0. The third kappa shape index (κ3) is 5.28. The molecule has 0 bridgehead atoms. The molecule has 0 atom stereocenters. The fraction of sp³-hybridized carbons (Fsp3) is 0.292. The summed E-state index contributed by atoms with van der Waals surface area (Å²) >= 11 is 0.703. The molecule has 0 spiro atoms. The number of aryl methyl sites for hydroxylation is 1. The standard InChI is InChI=1S/C24H24F3NO2S/c1-4-16-13-18(11-12-21(16)28(3)22(29)5-2)30-15-19-14-20(17-9-7-6-8-10-17)23(31-19)24(25,26)27/h6-14H,4-5,15H2,1-3H3. The predicted octanol–water partition coefficient (Wildman–Crippen LogP) is 6.95. The van der Waals surface area contributed by atoms with E-state index in [-0.39, 0.29) is 18.1 Å². The molecule has 1 aromatic heterocycles. The van der Waals surface area contributed by atoms with Crippen LogP contribution in [0.4, 0.5) is 18.9 Å². The molecular formula is C24H24F3NO2S. The number of benzene rings is 2. The van der Waals surface area contributed by atoms with Gasteiger partial charge in [-0.15, -0.1) is 11.3 Å². The van der Waals surface area contributed by atoms with Crippen molar-refractivity contribution in [2.75, 3.05) is 11.9 Å². The van der Waals surface area contributed by atoms with E-state index in [1.807, 2.05) is 26.0 Å². The Kier molecular flexibility index (Phi) is 7.05. The highest BCUT2D eigenvalue weighted by molar-refractivity contribution is 7.12. The first-order valence-corrected chi connectivity index (χ1v) is 10.8. The third-order valence-electron chi connectivity index (χ3n) is 4.98. The summed E-state index contributed by atoms with van der Waals surface area (Å²) in [5, 5.41) is 0. The first kappa shape index (κ1) is 22.9. The maximum absolute atomic E-state index is 13.6. The van der Waals surface area contributed by atoms with Crippen LogP contribution in [0.5, 0.6) is 5.75 Å². The Labute approximate surface area is 184 Å². The van der Waals surface area contributed by atoms with E-state index < -0.39 is 11.1 Å². The van der Waals surface area contributed by atoms with Crippen molar-refractivity contribution in [3.05, 3.63) is 69.9 Å². The van der Waals surface area contributed by atoms with E-state index in [2.05, 4.69) is 0 Å². The number of halogens is 3. The van der Waals surface area contributed by atoms with Crippen LogP contribution in [0, 0.1) is 0 Å². The van der Waals surface area contributed by atoms with Gasteiger partial charge in [0.2, 0.25) is 5.91 Å². The highest BCUT2D eigenvalue weighted by Crippen LogP contribution is 2.43. The second-order valence-electron chi connectivity index (χ2n) is 7.06. The Morgan fingerprint density at radius 3 is 2.39 bits per heavy atom. The quantitative estimate of drug-likeness (QED) is 0.392. The average Bonchev–Trinajstić information content (AvgIpc) is 3.22. The molecule has 3 aromatic rings. The molecule has 3 nitrogen and oxygen atoms in total. The van der Waals surface area contributed by atoms with E-state index in [4.69, 9.17) is 4.74 Å². The molecule has 0 aliphatic carbocycles. The van der Waals surface area contributed by atoms with Crippen LogP contribution >= 0.6 is 11.3 Å². The van der Waals surface area contributed by atoms with Crippen molar-refractivity contribution in [1.29, 1.82) is 0 Å². The van der Waals surface area contributed by atoms with Gasteiger partial charge in [0.05, 0.1) is 0 Å². The Morgan fingerprint density at radius 1 is 1.06 bits per heavy atom. The van der Waals surface area contributed by atoms with Crippen LogP contribution in [0.1, 0.15) is 35.6 Å². The summed E-state index contributed by atoms with van der Waals surface area (Å²) in [7, 11) is 1.73. The normalized spacial score (nSPS) is 11.4. The summed E-state index contributed by atoms with van der Waals surface area (Å²) < 4.78 is 46.5. The van der Waals surface area contributed by atoms with Crippen molar-refractivity contribution < 1.29 is 22.7 Å². The molecule has 0 aliphatic heterocycles. The first-order chi connectivity index (χ1) is 14.7. The van der Waals surface area contributed by atoms with Crippen LogP contribution in [0.2, 0.25) is 0 Å². The molecular weight excluding hydrogens is 423 g/mol. The van der Waals surface area contributed by atoms with Gasteiger partial charge < -0.3 is 9.64 Å². The highest BCUT2D eigenvalue weighted by Gasteiger charge is 2.36. The van der Waals surface area contributed by atoms with Crippen LogP contribution in [0.3, 0.4) is 0 Å². The van der Waals surface area contributed by atoms with E-state index in [1.54, 1.807) is 54.4 Å². The minimum atomic E-state index is -4.43. The number of carbonyl (C=O) groups is 1. The second kappa shape index (κ2) is 9.56. The molecule has 0 aliphatic rings. The smallest absolute Gasteiger partial charge is 0.426 e. The number of hydrogen-bond acceptors (Lipinski definition) is 3. The maximum Gasteiger partial charge on any atom is 0.426 e. The largest absolute Gasteiger partial charge is 0.488 e. The molecule has 31 heavy (non-hydrogen) atoms. The van der Waals surface area contributed by atoms with E-state index in [0.717, 1.165) is 11.3 Å². The molecule has 0 unspecified atom stereocenters. The zero-order valence-corrected chi connectivity index (χ0v) is 18.4. The molecule has 0 radical (unpaired) electrons. The van der Waals surface area contributed by atoms with Gasteiger partial charge in [0, 0.05) is 29.6 Å². The van der Waals surface area contributed by atoms with Crippen LogP contribution in [0.25, 0.3) is 11.1 Å². The zero-order valence-electron chi connectivity index (χ0n) is 17.6. The van der Waals surface area contributed by atoms with Gasteiger partial charge in [0.1, 0.15) is 17.2 Å². The number of amides is 1. The van der Waals surface area contributed by atoms with Gasteiger partial charge in [-0.3, -0.25) is 4.79 Å². The Balaban J connectivity index is 1.83. The Hall–Kier alpha value is -2.80. The molecule has 0 fully saturated rings. The lowest BCUT2D eigenvalue weighted by Crippen LogP contribution is -2.26. The van der Waals surface area contributed by atoms with Crippen molar-refractivity contribution >= 4 is 22.9 Å². The fourth-order valence-electron chi connectivity index (χ4n) is 3.34. The minimum Gasteiger partial charge on any atom is -0.488 e. The summed E-state index contributed by atoms with van der Waals surface area (Å²) in [6, 6.07) is 15.5. The van der Waals surface area contributed by atoms with E-state index >= 15 is 0 Å². The van der Waals surface area contributed by atoms with Gasteiger partial charge in [-0.1, -0.05) is 44.2 Å². The summed E-state index contributed by atoms with van der Waals surface area (Å²) in [6.07, 6.45) is -3.33. The molecule has 7 heteroatoms. The Bertz CT molecular complexity index is 1040. The predicted molar refractivity (Wildman–Crippen MR) is 119 cm³/mol. The Morgan fingerprint density at radius 2 is 1.77 bits per heavy atom. The molecule has 2 aromatic carbocycles. The van der Waals surface area contributed by atoms with E-state index in [1.165, 1.54) is 0 Å². The lowest BCUT2D eigenvalue weighted by molar-refractivity contribution is -0.133. The third-order valence-corrected chi connectivity index (χ3v) is 6.13. The number of ether oxygens (including phenoxy) is 1. The van der Waals surface area contributed by atoms with Crippen LogP contribution in [0.15, 0.2) is 54.6 Å². The minimum absolute atomic E-state index is 0.00933. The van der Waals surface area contributed by atoms with Crippen molar-refractivity contribution in [3.8, 4) is 16.9 Å². The second-order valence-corrected chi connectivity index (χ2v) is 8.20. The van der Waals surface area contributed by atoms with Gasteiger partial charge in [0.15, 0.2) is 0 Å². The van der Waals surface area contributed by atoms with Crippen molar-refractivity contribution in [1.82, 2.24) is 0 Å². The number of carbonyl (C=O) groups excluding carboxylic acids is 1. The molecule has 0 saturated carbocycles. The summed E-state index contributed by atoms with van der Waals surface area (Å²) in [5.74, 6) is 0.566. The number of rotatable bonds is 7. The van der Waals surface area contributed by atoms with Crippen LogP contribution in [-0.2, 0) is 24.0 Å². The summed E-state index contributed by atoms with van der Waals surface area (Å²) in [6.45, 7) is 3.82. The lowest BCUT2D eigenvalue weighted by atomic mass is 10.1. The summed E-state index contributed by atoms with van der Waals surface area (Å²) in [4.78, 5) is 13.5. The molecule has 3 rings (SSSR count). The number of anilines is 1. The number of thiophene rings is 1. The van der Waals surface area contributed by atoms with Crippen LogP contribution < -0.4 is 9.64 Å². The summed E-state index contributed by atoms with van der Waals surface area (Å²) in [5.41, 5.74) is 2.44. The zero-order chi connectivity index (χ0) is 22.6. The number of nitrogens with zero attached hydrogens (tertiary/aromatic N) is 1. The molecule has 1 heterocycles. The number of alkyl halides is 3. The molecule has 0 saturated heterocycles. The number of hydrogen-bond donors (Lipinski definition) is 0.